The first-order valence-electron chi connectivity index (χ1n) is 9.91. The molecule has 1 saturated heterocycles. The standard InChI is InChI=1S/C23H21N3O5/c1-26-21-17(22(28)25-23(26)29)15(13-9-6-10-14(30-2)20(13)31-3)16-18(24-21)11-7-4-5-8-12(11)19(16)27/h4-10,15,17,21,24H,1-3H3,(H,25,28,29). The zero-order valence-corrected chi connectivity index (χ0v) is 17.3. The Morgan fingerprint density at radius 3 is 2.39 bits per heavy atom. The van der Waals surface area contributed by atoms with Crippen LogP contribution >= 0.6 is 0 Å². The Hall–Kier alpha value is -3.81. The second-order valence-electron chi connectivity index (χ2n) is 7.74. The number of methoxy groups -OCH3 is 2. The molecule has 2 aliphatic heterocycles. The lowest BCUT2D eigenvalue weighted by Crippen LogP contribution is -2.66. The molecular weight excluding hydrogens is 398 g/mol. The van der Waals surface area contributed by atoms with Gasteiger partial charge in [0.1, 0.15) is 6.17 Å². The van der Waals surface area contributed by atoms with Gasteiger partial charge in [0.25, 0.3) is 0 Å². The molecule has 158 valence electrons. The van der Waals surface area contributed by atoms with Gasteiger partial charge in [-0.1, -0.05) is 36.4 Å². The molecule has 8 heteroatoms. The van der Waals surface area contributed by atoms with Crippen molar-refractivity contribution >= 4 is 23.4 Å². The van der Waals surface area contributed by atoms with E-state index < -0.39 is 29.9 Å². The van der Waals surface area contributed by atoms with Crippen LogP contribution in [0.3, 0.4) is 0 Å². The van der Waals surface area contributed by atoms with Crippen LogP contribution in [0.1, 0.15) is 27.4 Å². The molecule has 0 saturated carbocycles. The molecule has 2 N–H and O–H groups in total. The maximum Gasteiger partial charge on any atom is 0.325 e. The lowest BCUT2D eigenvalue weighted by molar-refractivity contribution is -0.129. The molecule has 0 aromatic heterocycles. The van der Waals surface area contributed by atoms with E-state index in [-0.39, 0.29) is 5.78 Å². The van der Waals surface area contributed by atoms with Crippen molar-refractivity contribution in [3.05, 3.63) is 64.7 Å². The highest BCUT2D eigenvalue weighted by molar-refractivity contribution is 6.22. The van der Waals surface area contributed by atoms with Gasteiger partial charge in [-0.3, -0.25) is 14.9 Å². The van der Waals surface area contributed by atoms with Gasteiger partial charge in [-0.2, -0.15) is 0 Å². The van der Waals surface area contributed by atoms with E-state index in [2.05, 4.69) is 10.6 Å². The molecule has 2 aromatic carbocycles. The molecule has 1 aliphatic carbocycles. The van der Waals surface area contributed by atoms with Gasteiger partial charge in [0, 0.05) is 35.2 Å². The van der Waals surface area contributed by atoms with Crippen molar-refractivity contribution in [1.82, 2.24) is 15.5 Å². The van der Waals surface area contributed by atoms with Gasteiger partial charge in [0.2, 0.25) is 5.91 Å². The van der Waals surface area contributed by atoms with E-state index in [1.54, 1.807) is 25.2 Å². The molecule has 1 fully saturated rings. The highest BCUT2D eigenvalue weighted by atomic mass is 16.5. The molecule has 5 rings (SSSR count). The summed E-state index contributed by atoms with van der Waals surface area (Å²) in [5.41, 5.74) is 3.13. The van der Waals surface area contributed by atoms with Crippen molar-refractivity contribution in [2.24, 2.45) is 5.92 Å². The number of urea groups is 1. The van der Waals surface area contributed by atoms with Gasteiger partial charge in [0.15, 0.2) is 17.3 Å². The molecule has 3 unspecified atom stereocenters. The number of benzene rings is 2. The van der Waals surface area contributed by atoms with Crippen LogP contribution in [0.5, 0.6) is 11.5 Å². The molecule has 2 heterocycles. The summed E-state index contributed by atoms with van der Waals surface area (Å²) in [6.45, 7) is 0. The summed E-state index contributed by atoms with van der Waals surface area (Å²) in [4.78, 5) is 40.4. The first-order chi connectivity index (χ1) is 15.0. The third-order valence-electron chi connectivity index (χ3n) is 6.30. The number of hydrogen-bond acceptors (Lipinski definition) is 6. The van der Waals surface area contributed by atoms with Gasteiger partial charge in [-0.05, 0) is 6.07 Å². The Bertz CT molecular complexity index is 1170. The van der Waals surface area contributed by atoms with E-state index in [9.17, 15) is 14.4 Å². The Labute approximate surface area is 178 Å². The molecule has 2 aromatic rings. The summed E-state index contributed by atoms with van der Waals surface area (Å²) < 4.78 is 11.1. The number of Topliss-reactive ketones (excluding diaryl/α,β-unsaturated/α-hetero) is 1. The lowest BCUT2D eigenvalue weighted by atomic mass is 9.73. The Kier molecular flexibility index (Phi) is 4.25. The smallest absolute Gasteiger partial charge is 0.325 e. The first-order valence-corrected chi connectivity index (χ1v) is 9.91. The average molecular weight is 419 g/mol. The van der Waals surface area contributed by atoms with Gasteiger partial charge in [-0.25, -0.2) is 4.79 Å². The van der Waals surface area contributed by atoms with Crippen LogP contribution < -0.4 is 20.1 Å². The number of allylic oxidation sites excluding steroid dienone is 1. The van der Waals surface area contributed by atoms with Crippen LogP contribution in [0.4, 0.5) is 4.79 Å². The number of hydrogen-bond donors (Lipinski definition) is 2. The van der Waals surface area contributed by atoms with Crippen LogP contribution in [0.25, 0.3) is 5.70 Å². The number of nitrogens with zero attached hydrogens (tertiary/aromatic N) is 1. The SMILES string of the molecule is COc1cccc(C2C3=C(NC4C2C(=O)NC(=O)N4C)c2ccccc2C3=O)c1OC. The van der Waals surface area contributed by atoms with E-state index >= 15 is 0 Å². The molecular formula is C23H21N3O5. The maximum atomic E-state index is 13.5. The number of para-hydroxylation sites is 1. The normalized spacial score (nSPS) is 24.2. The minimum Gasteiger partial charge on any atom is -0.493 e. The van der Waals surface area contributed by atoms with Crippen molar-refractivity contribution in [3.8, 4) is 11.5 Å². The predicted octanol–water partition coefficient (Wildman–Crippen LogP) is 2.12. The van der Waals surface area contributed by atoms with Gasteiger partial charge >= 0.3 is 6.03 Å². The molecule has 3 atom stereocenters. The number of carbonyl (C=O) groups excluding carboxylic acids is 3. The monoisotopic (exact) mass is 419 g/mol. The first kappa shape index (κ1) is 19.2. The van der Waals surface area contributed by atoms with Crippen molar-refractivity contribution in [1.29, 1.82) is 0 Å². The molecule has 3 amide bonds. The van der Waals surface area contributed by atoms with Crippen molar-refractivity contribution in [2.45, 2.75) is 12.1 Å². The lowest BCUT2D eigenvalue weighted by Gasteiger charge is -2.46. The van der Waals surface area contributed by atoms with Crippen LogP contribution in [0.2, 0.25) is 0 Å². The second-order valence-corrected chi connectivity index (χ2v) is 7.74. The summed E-state index contributed by atoms with van der Waals surface area (Å²) in [7, 11) is 4.69. The summed E-state index contributed by atoms with van der Waals surface area (Å²) in [6, 6.07) is 12.2. The van der Waals surface area contributed by atoms with Gasteiger partial charge in [-0.15, -0.1) is 0 Å². The third-order valence-corrected chi connectivity index (χ3v) is 6.30. The second kappa shape index (κ2) is 6.87. The number of carbonyl (C=O) groups is 3. The minimum atomic E-state index is -0.735. The zero-order valence-electron chi connectivity index (χ0n) is 17.3. The molecule has 3 aliphatic rings. The van der Waals surface area contributed by atoms with E-state index in [1.165, 1.54) is 19.1 Å². The zero-order chi connectivity index (χ0) is 21.9. The summed E-state index contributed by atoms with van der Waals surface area (Å²) in [6.07, 6.45) is -0.625. The average Bonchev–Trinajstić information content (AvgIpc) is 3.07. The minimum absolute atomic E-state index is 0.140. The Balaban J connectivity index is 1.79. The van der Waals surface area contributed by atoms with Crippen LogP contribution in [0, 0.1) is 5.92 Å². The van der Waals surface area contributed by atoms with Crippen molar-refractivity contribution in [3.63, 3.8) is 0 Å². The predicted molar refractivity (Wildman–Crippen MR) is 112 cm³/mol. The number of nitrogens with one attached hydrogen (secondary N) is 2. The maximum absolute atomic E-state index is 13.5. The number of ether oxygens (including phenoxy) is 2. The quantitative estimate of drug-likeness (QED) is 0.791. The number of amides is 3. The fraction of sp³-hybridized carbons (Fsp3) is 0.261. The summed E-state index contributed by atoms with van der Waals surface area (Å²) in [5, 5.41) is 5.72. The number of ketones is 1. The van der Waals surface area contributed by atoms with Crippen LogP contribution in [0.15, 0.2) is 48.0 Å². The third kappa shape index (κ3) is 2.57. The topological polar surface area (TPSA) is 97.0 Å². The highest BCUT2D eigenvalue weighted by Gasteiger charge is 2.53. The highest BCUT2D eigenvalue weighted by Crippen LogP contribution is 2.51. The number of fused-ring (bicyclic) bond motifs is 3. The van der Waals surface area contributed by atoms with Crippen molar-refractivity contribution < 1.29 is 23.9 Å². The molecule has 0 spiro atoms. The Morgan fingerprint density at radius 2 is 1.68 bits per heavy atom. The van der Waals surface area contributed by atoms with Crippen molar-refractivity contribution in [2.75, 3.05) is 21.3 Å². The fourth-order valence-corrected chi connectivity index (χ4v) is 4.90. The van der Waals surface area contributed by atoms with E-state index in [0.717, 1.165) is 5.56 Å². The van der Waals surface area contributed by atoms with Gasteiger partial charge in [0.05, 0.1) is 25.8 Å². The van der Waals surface area contributed by atoms with E-state index in [4.69, 9.17) is 9.47 Å². The van der Waals surface area contributed by atoms with E-state index in [1.807, 2.05) is 24.3 Å². The number of imide groups is 1. The molecule has 31 heavy (non-hydrogen) atoms. The van der Waals surface area contributed by atoms with E-state index in [0.29, 0.717) is 33.9 Å². The Morgan fingerprint density at radius 1 is 0.935 bits per heavy atom. The molecule has 0 radical (unpaired) electrons. The summed E-state index contributed by atoms with van der Waals surface area (Å²) in [5.74, 6) is -0.994. The van der Waals surface area contributed by atoms with Crippen LogP contribution in [-0.2, 0) is 4.79 Å². The van der Waals surface area contributed by atoms with Gasteiger partial charge < -0.3 is 19.7 Å². The van der Waals surface area contributed by atoms with Crippen LogP contribution in [-0.4, -0.2) is 50.1 Å². The summed E-state index contributed by atoms with van der Waals surface area (Å²) >= 11 is 0. The molecule has 8 nitrogen and oxygen atoms in total. The fourth-order valence-electron chi connectivity index (χ4n) is 4.90. The molecule has 0 bridgehead atoms. The largest absolute Gasteiger partial charge is 0.493 e. The number of rotatable bonds is 3.